The van der Waals surface area contributed by atoms with Crippen molar-refractivity contribution in [3.8, 4) is 11.1 Å². The van der Waals surface area contributed by atoms with Gasteiger partial charge in [0.05, 0.1) is 17.1 Å². The van der Waals surface area contributed by atoms with Crippen LogP contribution in [-0.2, 0) is 24.2 Å². The number of rotatable bonds is 8. The molecule has 2 aromatic heterocycles. The molecule has 1 amide bonds. The fourth-order valence-electron chi connectivity index (χ4n) is 3.33. The maximum Gasteiger partial charge on any atom is 0.224 e. The van der Waals surface area contributed by atoms with Gasteiger partial charge in [0.1, 0.15) is 0 Å². The number of aromatic nitrogens is 4. The van der Waals surface area contributed by atoms with Gasteiger partial charge in [0.15, 0.2) is 0 Å². The molecule has 0 aliphatic carbocycles. The number of nitrogens with one attached hydrogen (secondary N) is 1. The Morgan fingerprint density at radius 3 is 2.78 bits per heavy atom. The van der Waals surface area contributed by atoms with E-state index in [1.54, 1.807) is 23.1 Å². The number of amides is 1. The molecule has 0 radical (unpaired) electrons. The van der Waals surface area contributed by atoms with Crippen LogP contribution in [0.1, 0.15) is 17.7 Å². The first kappa shape index (κ1) is 21.5. The number of aryl methyl sites for hydroxylation is 3. The predicted octanol–water partition coefficient (Wildman–Crippen LogP) is 4.39. The zero-order chi connectivity index (χ0) is 22.3. The summed E-state index contributed by atoms with van der Waals surface area (Å²) in [5, 5.41) is 11.9. The summed E-state index contributed by atoms with van der Waals surface area (Å²) in [6.07, 6.45) is 6.93. The molecule has 0 aliphatic rings. The quantitative estimate of drug-likeness (QED) is 0.391. The van der Waals surface area contributed by atoms with Crippen LogP contribution < -0.4 is 11.1 Å². The van der Waals surface area contributed by atoms with Gasteiger partial charge in [-0.2, -0.15) is 0 Å². The van der Waals surface area contributed by atoms with Gasteiger partial charge in [-0.15, -0.1) is 5.10 Å². The minimum Gasteiger partial charge on any atom is -0.397 e. The third-order valence-corrected chi connectivity index (χ3v) is 5.27. The first-order chi connectivity index (χ1) is 15.6. The molecule has 0 unspecified atom stereocenters. The summed E-state index contributed by atoms with van der Waals surface area (Å²) in [4.78, 5) is 16.6. The minimum absolute atomic E-state index is 0.131. The fraction of sp³-hybridized carbons (Fsp3) is 0.167. The van der Waals surface area contributed by atoms with E-state index in [4.69, 9.17) is 17.3 Å². The number of nitrogens with zero attached hydrogens (tertiary/aromatic N) is 4. The monoisotopic (exact) mass is 446 g/mol. The summed E-state index contributed by atoms with van der Waals surface area (Å²) in [6.45, 7) is 0.692. The highest BCUT2D eigenvalue weighted by atomic mass is 35.5. The number of benzene rings is 2. The van der Waals surface area contributed by atoms with E-state index in [0.717, 1.165) is 33.8 Å². The molecule has 0 saturated carbocycles. The van der Waals surface area contributed by atoms with Crippen LogP contribution in [-0.4, -0.2) is 25.9 Å². The molecule has 0 aliphatic heterocycles. The molecule has 162 valence electrons. The zero-order valence-electron chi connectivity index (χ0n) is 17.4. The smallest absolute Gasteiger partial charge is 0.224 e. The van der Waals surface area contributed by atoms with Gasteiger partial charge in [0.2, 0.25) is 5.91 Å². The van der Waals surface area contributed by atoms with E-state index < -0.39 is 0 Å². The molecule has 8 heteroatoms. The molecule has 4 rings (SSSR count). The van der Waals surface area contributed by atoms with Crippen LogP contribution in [0.3, 0.4) is 0 Å². The fourth-order valence-corrected chi connectivity index (χ4v) is 3.54. The maximum atomic E-state index is 12.5. The van der Waals surface area contributed by atoms with Crippen molar-refractivity contribution in [1.29, 1.82) is 0 Å². The summed E-state index contributed by atoms with van der Waals surface area (Å²) in [7, 11) is 0. The molecule has 0 atom stereocenters. The van der Waals surface area contributed by atoms with Crippen LogP contribution in [0.2, 0.25) is 5.02 Å². The Morgan fingerprint density at radius 2 is 1.97 bits per heavy atom. The van der Waals surface area contributed by atoms with Gasteiger partial charge in [-0.1, -0.05) is 41.1 Å². The average molecular weight is 447 g/mol. The standard InChI is InChI=1S/C24H23ClN6O/c25-20-5-1-3-17(13-20)10-12-31-16-21(29-30-31)7-9-24(32)28-23-14-18(6-8-22(23)26)19-4-2-11-27-15-19/h1-6,8,11,13-16H,7,9-10,12,26H2,(H,28,32). The Morgan fingerprint density at radius 1 is 1.06 bits per heavy atom. The number of hydrogen-bond donors (Lipinski definition) is 2. The Balaban J connectivity index is 1.31. The van der Waals surface area contributed by atoms with Crippen LogP contribution >= 0.6 is 11.6 Å². The van der Waals surface area contributed by atoms with Crippen LogP contribution in [0.5, 0.6) is 0 Å². The van der Waals surface area contributed by atoms with E-state index >= 15 is 0 Å². The van der Waals surface area contributed by atoms with Crippen LogP contribution in [0, 0.1) is 0 Å². The van der Waals surface area contributed by atoms with Crippen molar-refractivity contribution in [3.63, 3.8) is 0 Å². The van der Waals surface area contributed by atoms with Crippen molar-refractivity contribution in [2.24, 2.45) is 0 Å². The molecule has 7 nitrogen and oxygen atoms in total. The van der Waals surface area contributed by atoms with Crippen molar-refractivity contribution in [3.05, 3.63) is 89.5 Å². The van der Waals surface area contributed by atoms with Gasteiger partial charge >= 0.3 is 0 Å². The van der Waals surface area contributed by atoms with Gasteiger partial charge in [-0.25, -0.2) is 0 Å². The van der Waals surface area contributed by atoms with Crippen LogP contribution in [0.15, 0.2) is 73.2 Å². The van der Waals surface area contributed by atoms with Crippen LogP contribution in [0.4, 0.5) is 11.4 Å². The minimum atomic E-state index is -0.131. The molecule has 0 spiro atoms. The van der Waals surface area contributed by atoms with Crippen molar-refractivity contribution in [1.82, 2.24) is 20.0 Å². The highest BCUT2D eigenvalue weighted by Gasteiger charge is 2.10. The molecule has 0 bridgehead atoms. The van der Waals surface area contributed by atoms with E-state index in [1.807, 2.05) is 54.7 Å². The van der Waals surface area contributed by atoms with Gasteiger partial charge in [-0.05, 0) is 47.9 Å². The van der Waals surface area contributed by atoms with Gasteiger partial charge < -0.3 is 11.1 Å². The van der Waals surface area contributed by atoms with Gasteiger partial charge in [0.25, 0.3) is 0 Å². The zero-order valence-corrected chi connectivity index (χ0v) is 18.2. The molecular formula is C24H23ClN6O. The summed E-state index contributed by atoms with van der Waals surface area (Å²) in [5.74, 6) is -0.131. The van der Waals surface area contributed by atoms with E-state index in [1.165, 1.54) is 0 Å². The third kappa shape index (κ3) is 5.70. The largest absolute Gasteiger partial charge is 0.397 e. The Hall–Kier alpha value is -3.71. The summed E-state index contributed by atoms with van der Waals surface area (Å²) >= 11 is 6.03. The second-order valence-electron chi connectivity index (χ2n) is 7.44. The molecule has 0 saturated heterocycles. The SMILES string of the molecule is Nc1ccc(-c2cccnc2)cc1NC(=O)CCc1cn(CCc2cccc(Cl)c2)nn1. The number of anilines is 2. The number of carbonyl (C=O) groups is 1. The highest BCUT2D eigenvalue weighted by Crippen LogP contribution is 2.27. The maximum absolute atomic E-state index is 12.5. The highest BCUT2D eigenvalue weighted by molar-refractivity contribution is 6.30. The molecular weight excluding hydrogens is 424 g/mol. The van der Waals surface area contributed by atoms with Crippen molar-refractivity contribution in [2.75, 3.05) is 11.1 Å². The molecule has 3 N–H and O–H groups in total. The van der Waals surface area contributed by atoms with E-state index in [2.05, 4.69) is 20.6 Å². The molecule has 32 heavy (non-hydrogen) atoms. The molecule has 2 heterocycles. The summed E-state index contributed by atoms with van der Waals surface area (Å²) < 4.78 is 1.78. The Labute approximate surface area is 191 Å². The second-order valence-corrected chi connectivity index (χ2v) is 7.88. The Bertz CT molecular complexity index is 1210. The summed E-state index contributed by atoms with van der Waals surface area (Å²) in [6, 6.07) is 17.1. The molecule has 2 aromatic carbocycles. The lowest BCUT2D eigenvalue weighted by Crippen LogP contribution is -2.13. The molecule has 4 aromatic rings. The van der Waals surface area contributed by atoms with Crippen molar-refractivity contribution < 1.29 is 4.79 Å². The summed E-state index contributed by atoms with van der Waals surface area (Å²) in [5.41, 5.74) is 10.9. The van der Waals surface area contributed by atoms with Gasteiger partial charge in [0, 0.05) is 48.6 Å². The number of nitrogen functional groups attached to an aromatic ring is 1. The third-order valence-electron chi connectivity index (χ3n) is 5.04. The van der Waals surface area contributed by atoms with E-state index in [9.17, 15) is 4.79 Å². The number of hydrogen-bond acceptors (Lipinski definition) is 5. The number of pyridine rings is 1. The van der Waals surface area contributed by atoms with Crippen molar-refractivity contribution in [2.45, 2.75) is 25.8 Å². The molecule has 0 fully saturated rings. The topological polar surface area (TPSA) is 98.7 Å². The van der Waals surface area contributed by atoms with E-state index in [0.29, 0.717) is 24.3 Å². The lowest BCUT2D eigenvalue weighted by molar-refractivity contribution is -0.116. The number of halogens is 1. The Kier molecular flexibility index (Phi) is 6.77. The van der Waals surface area contributed by atoms with Crippen LogP contribution in [0.25, 0.3) is 11.1 Å². The first-order valence-electron chi connectivity index (χ1n) is 10.3. The normalized spacial score (nSPS) is 10.8. The van der Waals surface area contributed by atoms with Gasteiger partial charge in [-0.3, -0.25) is 14.5 Å². The lowest BCUT2D eigenvalue weighted by Gasteiger charge is -2.10. The second kappa shape index (κ2) is 10.1. The van der Waals surface area contributed by atoms with Crippen molar-refractivity contribution >= 4 is 28.9 Å². The lowest BCUT2D eigenvalue weighted by atomic mass is 10.1. The number of nitrogens with two attached hydrogens (primary N) is 1. The first-order valence-corrected chi connectivity index (χ1v) is 10.7. The van der Waals surface area contributed by atoms with E-state index in [-0.39, 0.29) is 12.3 Å². The average Bonchev–Trinajstić information content (AvgIpc) is 3.26. The number of carbonyl (C=O) groups excluding carboxylic acids is 1. The predicted molar refractivity (Wildman–Crippen MR) is 126 cm³/mol.